The maximum Gasteiger partial charge on any atom is 0.260 e. The van der Waals surface area contributed by atoms with Crippen LogP contribution < -0.4 is 5.73 Å². The Kier molecular flexibility index (Phi) is 1.77. The second-order valence-corrected chi connectivity index (χ2v) is 2.99. The highest BCUT2D eigenvalue weighted by atomic mass is 16.3. The van der Waals surface area contributed by atoms with Crippen LogP contribution in [0.5, 0.6) is 0 Å². The van der Waals surface area contributed by atoms with E-state index in [2.05, 4.69) is 15.4 Å². The third-order valence-electron chi connectivity index (χ3n) is 0.997. The van der Waals surface area contributed by atoms with Gasteiger partial charge in [0.1, 0.15) is 0 Å². The molecule has 0 spiro atoms. The average Bonchev–Trinajstić information content (AvgIpc) is 2.10. The van der Waals surface area contributed by atoms with Gasteiger partial charge in [-0.1, -0.05) is 5.10 Å². The van der Waals surface area contributed by atoms with Crippen LogP contribution in [0.1, 0.15) is 13.8 Å². The third kappa shape index (κ3) is 2.50. The summed E-state index contributed by atoms with van der Waals surface area (Å²) in [5.74, 6) is 0.120. The first-order chi connectivity index (χ1) is 4.97. The molecule has 0 aliphatic heterocycles. The van der Waals surface area contributed by atoms with Crippen molar-refractivity contribution in [2.45, 2.75) is 26.0 Å². The first-order valence-electron chi connectivity index (χ1n) is 3.23. The van der Waals surface area contributed by atoms with Gasteiger partial charge in [0, 0.05) is 0 Å². The number of nitrogen functional groups attached to an aromatic ring is 1. The summed E-state index contributed by atoms with van der Waals surface area (Å²) in [6, 6.07) is 0. The second kappa shape index (κ2) is 2.46. The highest BCUT2D eigenvalue weighted by Crippen LogP contribution is 2.02. The van der Waals surface area contributed by atoms with Crippen LogP contribution in [-0.4, -0.2) is 30.9 Å². The Bertz CT molecular complexity index is 237. The van der Waals surface area contributed by atoms with Crippen molar-refractivity contribution in [3.05, 3.63) is 0 Å². The smallest absolute Gasteiger partial charge is 0.260 e. The first kappa shape index (κ1) is 7.93. The van der Waals surface area contributed by atoms with Crippen LogP contribution in [0.2, 0.25) is 0 Å². The van der Waals surface area contributed by atoms with E-state index in [4.69, 9.17) is 5.73 Å². The zero-order chi connectivity index (χ0) is 8.48. The highest BCUT2D eigenvalue weighted by Gasteiger charge is 2.14. The van der Waals surface area contributed by atoms with Crippen LogP contribution in [-0.2, 0) is 6.54 Å². The molecule has 1 aromatic rings. The Morgan fingerprint density at radius 3 is 2.64 bits per heavy atom. The summed E-state index contributed by atoms with van der Waals surface area (Å²) in [5, 5.41) is 20.1. The fraction of sp³-hybridized carbons (Fsp3) is 0.800. The molecule has 0 aliphatic rings. The molecule has 6 heteroatoms. The molecule has 11 heavy (non-hydrogen) atoms. The van der Waals surface area contributed by atoms with E-state index in [1.54, 1.807) is 13.8 Å². The lowest BCUT2D eigenvalue weighted by Gasteiger charge is -2.14. The van der Waals surface area contributed by atoms with Crippen LogP contribution >= 0.6 is 0 Å². The highest BCUT2D eigenvalue weighted by molar-refractivity contribution is 5.06. The Balaban J connectivity index is 2.65. The number of aromatic nitrogens is 4. The minimum Gasteiger partial charge on any atom is -0.388 e. The third-order valence-corrected chi connectivity index (χ3v) is 0.997. The first-order valence-corrected chi connectivity index (χ1v) is 3.23. The molecule has 0 fully saturated rings. The number of aliphatic hydroxyl groups is 1. The second-order valence-electron chi connectivity index (χ2n) is 2.99. The summed E-state index contributed by atoms with van der Waals surface area (Å²) in [5.41, 5.74) is 4.37. The van der Waals surface area contributed by atoms with Crippen molar-refractivity contribution in [1.29, 1.82) is 0 Å². The van der Waals surface area contributed by atoms with E-state index in [0.29, 0.717) is 0 Å². The maximum absolute atomic E-state index is 9.31. The summed E-state index contributed by atoms with van der Waals surface area (Å²) < 4.78 is 0. The largest absolute Gasteiger partial charge is 0.388 e. The van der Waals surface area contributed by atoms with E-state index in [1.807, 2.05) is 0 Å². The predicted molar refractivity (Wildman–Crippen MR) is 38.5 cm³/mol. The molecule has 0 bridgehead atoms. The minimum atomic E-state index is -0.840. The summed E-state index contributed by atoms with van der Waals surface area (Å²) >= 11 is 0. The van der Waals surface area contributed by atoms with Crippen LogP contribution in [0.25, 0.3) is 0 Å². The van der Waals surface area contributed by atoms with E-state index in [0.717, 1.165) is 0 Å². The molecular formula is C5H11N5O. The van der Waals surface area contributed by atoms with Gasteiger partial charge >= 0.3 is 0 Å². The van der Waals surface area contributed by atoms with Crippen LogP contribution in [0.15, 0.2) is 0 Å². The zero-order valence-corrected chi connectivity index (χ0v) is 6.52. The van der Waals surface area contributed by atoms with Crippen LogP contribution in [0.3, 0.4) is 0 Å². The predicted octanol–water partition coefficient (Wildman–Crippen LogP) is -0.974. The molecule has 6 nitrogen and oxygen atoms in total. The number of hydrogen-bond acceptors (Lipinski definition) is 5. The Morgan fingerprint density at radius 2 is 2.27 bits per heavy atom. The summed E-state index contributed by atoms with van der Waals surface area (Å²) in [4.78, 5) is 1.26. The van der Waals surface area contributed by atoms with Crippen LogP contribution in [0, 0.1) is 0 Å². The van der Waals surface area contributed by atoms with Gasteiger partial charge in [0.15, 0.2) is 0 Å². The fourth-order valence-electron chi connectivity index (χ4n) is 0.669. The van der Waals surface area contributed by atoms with Gasteiger partial charge in [-0.15, -0.1) is 5.10 Å². The summed E-state index contributed by atoms with van der Waals surface area (Å²) in [6.45, 7) is 3.61. The van der Waals surface area contributed by atoms with Gasteiger partial charge in [-0.05, 0) is 19.1 Å². The summed E-state index contributed by atoms with van der Waals surface area (Å²) in [7, 11) is 0. The van der Waals surface area contributed by atoms with Crippen molar-refractivity contribution >= 4 is 5.95 Å². The summed E-state index contributed by atoms with van der Waals surface area (Å²) in [6.07, 6.45) is 0. The van der Waals surface area contributed by atoms with Gasteiger partial charge in [-0.25, -0.2) is 0 Å². The van der Waals surface area contributed by atoms with Crippen molar-refractivity contribution in [1.82, 2.24) is 20.2 Å². The lowest BCUT2D eigenvalue weighted by molar-refractivity contribution is 0.0527. The molecule has 3 N–H and O–H groups in total. The molecule has 0 aliphatic carbocycles. The van der Waals surface area contributed by atoms with Gasteiger partial charge in [0.2, 0.25) is 0 Å². The van der Waals surface area contributed by atoms with E-state index >= 15 is 0 Å². The van der Waals surface area contributed by atoms with Gasteiger partial charge in [-0.3, -0.25) is 0 Å². The van der Waals surface area contributed by atoms with Gasteiger partial charge in [0.05, 0.1) is 12.1 Å². The molecule has 0 radical (unpaired) electrons. The van der Waals surface area contributed by atoms with Crippen molar-refractivity contribution in [3.63, 3.8) is 0 Å². The van der Waals surface area contributed by atoms with Crippen molar-refractivity contribution < 1.29 is 5.11 Å². The van der Waals surface area contributed by atoms with E-state index < -0.39 is 5.60 Å². The SMILES string of the molecule is CC(C)(O)Cn1nnc(N)n1. The lowest BCUT2D eigenvalue weighted by Crippen LogP contribution is -2.27. The van der Waals surface area contributed by atoms with Crippen molar-refractivity contribution in [3.8, 4) is 0 Å². The lowest BCUT2D eigenvalue weighted by atomic mass is 10.1. The molecule has 62 valence electrons. The molecular weight excluding hydrogens is 146 g/mol. The van der Waals surface area contributed by atoms with Crippen molar-refractivity contribution in [2.75, 3.05) is 5.73 Å². The fourth-order valence-corrected chi connectivity index (χ4v) is 0.669. The molecule has 0 saturated carbocycles. The molecule has 0 unspecified atom stereocenters. The van der Waals surface area contributed by atoms with Crippen LogP contribution in [0.4, 0.5) is 5.95 Å². The van der Waals surface area contributed by atoms with E-state index in [9.17, 15) is 5.11 Å². The molecule has 1 heterocycles. The zero-order valence-electron chi connectivity index (χ0n) is 6.52. The Labute approximate surface area is 64.0 Å². The van der Waals surface area contributed by atoms with Gasteiger partial charge < -0.3 is 10.8 Å². The standard InChI is InChI=1S/C5H11N5O/c1-5(2,11)3-10-8-4(6)7-9-10/h11H,3H2,1-2H3,(H2,6,8). The van der Waals surface area contributed by atoms with Gasteiger partial charge in [0.25, 0.3) is 5.95 Å². The maximum atomic E-state index is 9.31. The Morgan fingerprint density at radius 1 is 1.64 bits per heavy atom. The van der Waals surface area contributed by atoms with E-state index in [-0.39, 0.29) is 12.5 Å². The quantitative estimate of drug-likeness (QED) is 0.576. The number of nitrogens with zero attached hydrogens (tertiary/aromatic N) is 4. The number of rotatable bonds is 2. The minimum absolute atomic E-state index is 0.120. The number of anilines is 1. The topological polar surface area (TPSA) is 89.8 Å². The average molecular weight is 157 g/mol. The molecule has 1 rings (SSSR count). The molecule has 0 saturated heterocycles. The Hall–Kier alpha value is -1.17. The monoisotopic (exact) mass is 157 g/mol. The number of nitrogens with two attached hydrogens (primary N) is 1. The number of hydrogen-bond donors (Lipinski definition) is 2. The molecule has 0 amide bonds. The molecule has 0 aromatic carbocycles. The number of tetrazole rings is 1. The molecule has 1 aromatic heterocycles. The van der Waals surface area contributed by atoms with E-state index in [1.165, 1.54) is 4.80 Å². The normalized spacial score (nSPS) is 11.9. The van der Waals surface area contributed by atoms with Gasteiger partial charge in [-0.2, -0.15) is 4.80 Å². The molecule has 0 atom stereocenters. The van der Waals surface area contributed by atoms with Crippen molar-refractivity contribution in [2.24, 2.45) is 0 Å².